The van der Waals surface area contributed by atoms with Gasteiger partial charge in [0, 0.05) is 12.6 Å². The SMILES string of the molecule is Cn1c(C(=O)NC2(CN)CCCC2)ccc1[N+](=O)[O-]. The van der Waals surface area contributed by atoms with E-state index in [9.17, 15) is 14.9 Å². The molecule has 19 heavy (non-hydrogen) atoms. The largest absolute Gasteiger partial charge is 0.358 e. The average molecular weight is 266 g/mol. The van der Waals surface area contributed by atoms with Crippen LogP contribution in [0.2, 0.25) is 0 Å². The lowest BCUT2D eigenvalue weighted by Gasteiger charge is -2.28. The maximum absolute atomic E-state index is 12.2. The molecule has 1 aromatic rings. The maximum Gasteiger partial charge on any atom is 0.323 e. The molecule has 3 N–H and O–H groups in total. The maximum atomic E-state index is 12.2. The highest BCUT2D eigenvalue weighted by molar-refractivity contribution is 5.93. The first-order valence-electron chi connectivity index (χ1n) is 6.32. The number of nitrogens with zero attached hydrogens (tertiary/aromatic N) is 2. The summed E-state index contributed by atoms with van der Waals surface area (Å²) in [5, 5.41) is 13.7. The third kappa shape index (κ3) is 2.46. The number of hydrogen-bond acceptors (Lipinski definition) is 4. The number of nitro groups is 1. The topological polar surface area (TPSA) is 103 Å². The van der Waals surface area contributed by atoms with Gasteiger partial charge in [-0.25, -0.2) is 4.57 Å². The van der Waals surface area contributed by atoms with Gasteiger partial charge in [-0.15, -0.1) is 0 Å². The van der Waals surface area contributed by atoms with Gasteiger partial charge in [-0.2, -0.15) is 0 Å². The predicted octanol–water partition coefficient (Wildman–Crippen LogP) is 0.935. The normalized spacial score (nSPS) is 17.4. The summed E-state index contributed by atoms with van der Waals surface area (Å²) in [6.45, 7) is 0.394. The van der Waals surface area contributed by atoms with Crippen LogP contribution in [0.1, 0.15) is 36.2 Å². The van der Waals surface area contributed by atoms with Gasteiger partial charge < -0.3 is 21.2 Å². The van der Waals surface area contributed by atoms with Gasteiger partial charge in [-0.3, -0.25) is 4.79 Å². The van der Waals surface area contributed by atoms with Crippen LogP contribution in [-0.4, -0.2) is 27.5 Å². The molecule has 0 atom stereocenters. The van der Waals surface area contributed by atoms with Gasteiger partial charge in [0.05, 0.1) is 12.6 Å². The zero-order valence-corrected chi connectivity index (χ0v) is 10.9. The van der Waals surface area contributed by atoms with Crippen LogP contribution in [0.3, 0.4) is 0 Å². The van der Waals surface area contributed by atoms with E-state index in [0.717, 1.165) is 25.7 Å². The predicted molar refractivity (Wildman–Crippen MR) is 69.8 cm³/mol. The first-order chi connectivity index (χ1) is 8.99. The lowest BCUT2D eigenvalue weighted by Crippen LogP contribution is -2.52. The molecule has 7 nitrogen and oxygen atoms in total. The van der Waals surface area contributed by atoms with Crippen molar-refractivity contribution in [1.82, 2.24) is 9.88 Å². The lowest BCUT2D eigenvalue weighted by atomic mass is 9.97. The number of rotatable bonds is 4. The molecule has 0 saturated heterocycles. The van der Waals surface area contributed by atoms with Crippen LogP contribution in [0.15, 0.2) is 12.1 Å². The minimum Gasteiger partial charge on any atom is -0.358 e. The summed E-state index contributed by atoms with van der Waals surface area (Å²) in [7, 11) is 1.51. The molecule has 0 unspecified atom stereocenters. The monoisotopic (exact) mass is 266 g/mol. The second kappa shape index (κ2) is 5.00. The Morgan fingerprint density at radius 2 is 2.16 bits per heavy atom. The van der Waals surface area contributed by atoms with Gasteiger partial charge in [0.1, 0.15) is 0 Å². The van der Waals surface area contributed by atoms with Crippen molar-refractivity contribution in [2.24, 2.45) is 12.8 Å². The number of amides is 1. The summed E-state index contributed by atoms with van der Waals surface area (Å²) < 4.78 is 1.29. The molecule has 1 aliphatic rings. The van der Waals surface area contributed by atoms with Gasteiger partial charge in [0.2, 0.25) is 0 Å². The van der Waals surface area contributed by atoms with Crippen molar-refractivity contribution < 1.29 is 9.72 Å². The molecule has 2 rings (SSSR count). The van der Waals surface area contributed by atoms with E-state index < -0.39 is 4.92 Å². The Morgan fingerprint density at radius 1 is 1.53 bits per heavy atom. The molecule has 0 spiro atoms. The molecular weight excluding hydrogens is 248 g/mol. The standard InChI is InChI=1S/C12H18N4O3/c1-15-9(4-5-10(15)16(18)19)11(17)14-12(8-13)6-2-3-7-12/h4-5H,2-3,6-8,13H2,1H3,(H,14,17). The first-order valence-corrected chi connectivity index (χ1v) is 6.32. The molecule has 1 saturated carbocycles. The van der Waals surface area contributed by atoms with Crippen LogP contribution in [0.25, 0.3) is 0 Å². The van der Waals surface area contributed by atoms with Crippen LogP contribution in [0.4, 0.5) is 5.82 Å². The van der Waals surface area contributed by atoms with Gasteiger partial charge >= 0.3 is 5.82 Å². The van der Waals surface area contributed by atoms with E-state index in [1.54, 1.807) is 0 Å². The third-order valence-corrected chi connectivity index (χ3v) is 3.85. The van der Waals surface area contributed by atoms with Crippen LogP contribution in [0.5, 0.6) is 0 Å². The number of nitrogens with two attached hydrogens (primary N) is 1. The van der Waals surface area contributed by atoms with E-state index in [0.29, 0.717) is 6.54 Å². The van der Waals surface area contributed by atoms with Gasteiger partial charge in [-0.1, -0.05) is 12.8 Å². The average Bonchev–Trinajstić information content (AvgIpc) is 2.96. The van der Waals surface area contributed by atoms with Crippen molar-refractivity contribution in [3.05, 3.63) is 27.9 Å². The third-order valence-electron chi connectivity index (χ3n) is 3.85. The second-order valence-corrected chi connectivity index (χ2v) is 5.04. The van der Waals surface area contributed by atoms with E-state index in [2.05, 4.69) is 5.32 Å². The second-order valence-electron chi connectivity index (χ2n) is 5.04. The quantitative estimate of drug-likeness (QED) is 0.625. The molecule has 1 aromatic heterocycles. The summed E-state index contributed by atoms with van der Waals surface area (Å²) >= 11 is 0. The van der Waals surface area contributed by atoms with Crippen LogP contribution >= 0.6 is 0 Å². The minimum atomic E-state index is -0.509. The Morgan fingerprint density at radius 3 is 2.63 bits per heavy atom. The fourth-order valence-electron chi connectivity index (χ4n) is 2.65. The summed E-state index contributed by atoms with van der Waals surface area (Å²) in [4.78, 5) is 22.5. The van der Waals surface area contributed by atoms with Crippen molar-refractivity contribution in [2.45, 2.75) is 31.2 Å². The fraction of sp³-hybridized carbons (Fsp3) is 0.583. The molecule has 104 valence electrons. The van der Waals surface area contributed by atoms with E-state index in [1.165, 1.54) is 23.7 Å². The Bertz CT molecular complexity index is 503. The number of aromatic nitrogens is 1. The smallest absolute Gasteiger partial charge is 0.323 e. The molecule has 1 aliphatic carbocycles. The molecule has 0 bridgehead atoms. The Labute approximate surface area is 110 Å². The molecule has 0 aromatic carbocycles. The van der Waals surface area contributed by atoms with Crippen LogP contribution in [0, 0.1) is 10.1 Å². The van der Waals surface area contributed by atoms with Gasteiger partial charge in [0.25, 0.3) is 5.91 Å². The molecule has 0 aliphatic heterocycles. The highest BCUT2D eigenvalue weighted by atomic mass is 16.6. The van der Waals surface area contributed by atoms with Gasteiger partial charge in [0.15, 0.2) is 5.69 Å². The summed E-state index contributed by atoms with van der Waals surface area (Å²) in [6.07, 6.45) is 3.82. The molecule has 1 amide bonds. The number of hydrogen-bond donors (Lipinski definition) is 2. The molecule has 1 heterocycles. The lowest BCUT2D eigenvalue weighted by molar-refractivity contribution is -0.391. The van der Waals surface area contributed by atoms with E-state index in [-0.39, 0.29) is 23.0 Å². The van der Waals surface area contributed by atoms with E-state index in [4.69, 9.17) is 5.73 Å². The highest BCUT2D eigenvalue weighted by Crippen LogP contribution is 2.29. The van der Waals surface area contributed by atoms with E-state index in [1.807, 2.05) is 0 Å². The Kier molecular flexibility index (Phi) is 3.57. The zero-order valence-electron chi connectivity index (χ0n) is 10.9. The molecule has 0 radical (unpaired) electrons. The van der Waals surface area contributed by atoms with Crippen molar-refractivity contribution in [3.63, 3.8) is 0 Å². The molecular formula is C12H18N4O3. The minimum absolute atomic E-state index is 0.0987. The van der Waals surface area contributed by atoms with Crippen molar-refractivity contribution in [3.8, 4) is 0 Å². The number of carbonyl (C=O) groups is 1. The highest BCUT2D eigenvalue weighted by Gasteiger charge is 2.35. The number of carbonyl (C=O) groups excluding carboxylic acids is 1. The van der Waals surface area contributed by atoms with Crippen molar-refractivity contribution in [2.75, 3.05) is 6.54 Å². The Balaban J connectivity index is 2.18. The van der Waals surface area contributed by atoms with Gasteiger partial charge in [-0.05, 0) is 23.8 Å². The molecule has 7 heteroatoms. The van der Waals surface area contributed by atoms with Crippen LogP contribution < -0.4 is 11.1 Å². The number of nitrogens with one attached hydrogen (secondary N) is 1. The fourth-order valence-corrected chi connectivity index (χ4v) is 2.65. The Hall–Kier alpha value is -1.89. The van der Waals surface area contributed by atoms with Crippen LogP contribution in [-0.2, 0) is 7.05 Å². The zero-order chi connectivity index (χ0) is 14.0. The summed E-state index contributed by atoms with van der Waals surface area (Å²) in [6, 6.07) is 2.80. The summed E-state index contributed by atoms with van der Waals surface area (Å²) in [5.41, 5.74) is 5.69. The van der Waals surface area contributed by atoms with E-state index >= 15 is 0 Å². The first kappa shape index (κ1) is 13.5. The van der Waals surface area contributed by atoms with Crippen molar-refractivity contribution >= 4 is 11.7 Å². The summed E-state index contributed by atoms with van der Waals surface area (Å²) in [5.74, 6) is -0.402. The molecule has 1 fully saturated rings. The van der Waals surface area contributed by atoms with Crippen molar-refractivity contribution in [1.29, 1.82) is 0 Å².